The maximum atomic E-state index is 12.1. The van der Waals surface area contributed by atoms with Crippen molar-refractivity contribution in [3.05, 3.63) is 87.9 Å². The van der Waals surface area contributed by atoms with E-state index >= 15 is 0 Å². The summed E-state index contributed by atoms with van der Waals surface area (Å²) in [4.78, 5) is 34.3. The van der Waals surface area contributed by atoms with E-state index in [0.717, 1.165) is 0 Å². The van der Waals surface area contributed by atoms with Crippen molar-refractivity contribution in [3.8, 4) is 5.75 Å². The van der Waals surface area contributed by atoms with Crippen LogP contribution in [-0.2, 0) is 16.1 Å². The molecule has 0 aliphatic rings. The van der Waals surface area contributed by atoms with Gasteiger partial charge in [0.1, 0.15) is 18.1 Å². The van der Waals surface area contributed by atoms with Crippen molar-refractivity contribution >= 4 is 23.3 Å². The van der Waals surface area contributed by atoms with Gasteiger partial charge in [0.15, 0.2) is 6.61 Å². The Balaban J connectivity index is 1.49. The molecule has 2 aromatic carbocycles. The summed E-state index contributed by atoms with van der Waals surface area (Å²) < 4.78 is 15.9. The lowest BCUT2D eigenvalue weighted by Gasteiger charge is -2.08. The Labute approximate surface area is 171 Å². The zero-order valence-corrected chi connectivity index (χ0v) is 16.0. The van der Waals surface area contributed by atoms with Crippen LogP contribution < -0.4 is 10.1 Å². The standard InChI is InChI=1S/C21H18N2O7/c1-14-11-15(23(26)27)7-9-18(14)22-20(24)13-29-21(25)19-10-8-17(30-19)12-28-16-5-3-2-4-6-16/h2-11H,12-13H2,1H3,(H,22,24). The summed E-state index contributed by atoms with van der Waals surface area (Å²) in [6, 6.07) is 16.2. The summed E-state index contributed by atoms with van der Waals surface area (Å²) in [6.07, 6.45) is 0. The number of nitro groups is 1. The lowest BCUT2D eigenvalue weighted by atomic mass is 10.2. The zero-order chi connectivity index (χ0) is 21.5. The first-order valence-electron chi connectivity index (χ1n) is 8.91. The monoisotopic (exact) mass is 410 g/mol. The maximum absolute atomic E-state index is 12.1. The van der Waals surface area contributed by atoms with Crippen LogP contribution in [0.15, 0.2) is 65.1 Å². The van der Waals surface area contributed by atoms with Gasteiger partial charge < -0.3 is 19.2 Å². The van der Waals surface area contributed by atoms with Crippen LogP contribution in [0.25, 0.3) is 0 Å². The van der Waals surface area contributed by atoms with Gasteiger partial charge in [-0.1, -0.05) is 18.2 Å². The third kappa shape index (κ3) is 5.44. The second-order valence-corrected chi connectivity index (χ2v) is 6.25. The molecule has 0 aliphatic carbocycles. The minimum Gasteiger partial charge on any atom is -0.486 e. The molecule has 0 atom stereocenters. The molecule has 1 N–H and O–H groups in total. The summed E-state index contributed by atoms with van der Waals surface area (Å²) in [7, 11) is 0. The van der Waals surface area contributed by atoms with Gasteiger partial charge in [0.05, 0.1) is 4.92 Å². The number of nitrogens with one attached hydrogen (secondary N) is 1. The topological polar surface area (TPSA) is 121 Å². The lowest BCUT2D eigenvalue weighted by Crippen LogP contribution is -2.21. The molecule has 3 rings (SSSR count). The molecule has 0 spiro atoms. The summed E-state index contributed by atoms with van der Waals surface area (Å²) in [5, 5.41) is 13.3. The second-order valence-electron chi connectivity index (χ2n) is 6.25. The van der Waals surface area contributed by atoms with Crippen LogP contribution in [0.5, 0.6) is 5.75 Å². The van der Waals surface area contributed by atoms with E-state index in [1.165, 1.54) is 24.3 Å². The largest absolute Gasteiger partial charge is 0.486 e. The SMILES string of the molecule is Cc1cc([N+](=O)[O-])ccc1NC(=O)COC(=O)c1ccc(COc2ccccc2)o1. The fourth-order valence-corrected chi connectivity index (χ4v) is 2.53. The number of aryl methyl sites for hydroxylation is 1. The van der Waals surface area contributed by atoms with Crippen LogP contribution in [0, 0.1) is 17.0 Å². The highest BCUT2D eigenvalue weighted by Gasteiger charge is 2.16. The summed E-state index contributed by atoms with van der Waals surface area (Å²) in [5.41, 5.74) is 0.819. The third-order valence-electron chi connectivity index (χ3n) is 4.02. The Morgan fingerprint density at radius 2 is 1.87 bits per heavy atom. The van der Waals surface area contributed by atoms with E-state index in [-0.39, 0.29) is 18.1 Å². The molecule has 9 nitrogen and oxygen atoms in total. The number of nitro benzene ring substituents is 1. The van der Waals surface area contributed by atoms with Gasteiger partial charge in [-0.25, -0.2) is 4.79 Å². The molecule has 1 heterocycles. The minimum atomic E-state index is -0.795. The summed E-state index contributed by atoms with van der Waals surface area (Å²) in [6.45, 7) is 1.22. The molecule has 154 valence electrons. The average molecular weight is 410 g/mol. The minimum absolute atomic E-state index is 0.0546. The molecule has 1 aromatic heterocycles. The maximum Gasteiger partial charge on any atom is 0.374 e. The lowest BCUT2D eigenvalue weighted by molar-refractivity contribution is -0.384. The number of rotatable bonds is 8. The van der Waals surface area contributed by atoms with Crippen LogP contribution in [0.3, 0.4) is 0 Å². The van der Waals surface area contributed by atoms with Crippen molar-refractivity contribution < 1.29 is 28.4 Å². The Hall–Kier alpha value is -4.14. The van der Waals surface area contributed by atoms with Gasteiger partial charge in [0.2, 0.25) is 5.76 Å². The van der Waals surface area contributed by atoms with Gasteiger partial charge >= 0.3 is 5.97 Å². The van der Waals surface area contributed by atoms with Crippen molar-refractivity contribution in [2.24, 2.45) is 0 Å². The van der Waals surface area contributed by atoms with E-state index in [2.05, 4.69) is 5.32 Å². The van der Waals surface area contributed by atoms with Crippen molar-refractivity contribution in [1.29, 1.82) is 0 Å². The molecular formula is C21H18N2O7. The van der Waals surface area contributed by atoms with Gasteiger partial charge in [0, 0.05) is 17.8 Å². The third-order valence-corrected chi connectivity index (χ3v) is 4.02. The highest BCUT2D eigenvalue weighted by molar-refractivity contribution is 5.95. The van der Waals surface area contributed by atoms with E-state index in [9.17, 15) is 19.7 Å². The number of anilines is 1. The molecule has 0 fully saturated rings. The van der Waals surface area contributed by atoms with Crippen LogP contribution in [-0.4, -0.2) is 23.4 Å². The summed E-state index contributed by atoms with van der Waals surface area (Å²) >= 11 is 0. The smallest absolute Gasteiger partial charge is 0.374 e. The van der Waals surface area contributed by atoms with Crippen LogP contribution >= 0.6 is 0 Å². The normalized spacial score (nSPS) is 10.3. The molecule has 0 unspecified atom stereocenters. The van der Waals surface area contributed by atoms with Gasteiger partial charge in [0.25, 0.3) is 11.6 Å². The number of amides is 1. The Kier molecular flexibility index (Phi) is 6.43. The highest BCUT2D eigenvalue weighted by atomic mass is 16.6. The highest BCUT2D eigenvalue weighted by Crippen LogP contribution is 2.21. The van der Waals surface area contributed by atoms with Gasteiger partial charge in [-0.05, 0) is 42.8 Å². The number of furan rings is 1. The predicted octanol–water partition coefficient (Wildman–Crippen LogP) is 3.87. The molecule has 9 heteroatoms. The molecule has 0 radical (unpaired) electrons. The van der Waals surface area contributed by atoms with Crippen LogP contribution in [0.1, 0.15) is 21.9 Å². The number of nitrogens with zero attached hydrogens (tertiary/aromatic N) is 1. The molecule has 0 bridgehead atoms. The number of ether oxygens (including phenoxy) is 2. The average Bonchev–Trinajstić information content (AvgIpc) is 3.22. The number of non-ortho nitro benzene ring substituents is 1. The first kappa shape index (κ1) is 20.6. The Morgan fingerprint density at radius 3 is 2.57 bits per heavy atom. The van der Waals surface area contributed by atoms with Crippen molar-refractivity contribution in [2.75, 3.05) is 11.9 Å². The van der Waals surface area contributed by atoms with Crippen molar-refractivity contribution in [2.45, 2.75) is 13.5 Å². The number of para-hydroxylation sites is 1. The van der Waals surface area contributed by atoms with Crippen LogP contribution in [0.4, 0.5) is 11.4 Å². The molecular weight excluding hydrogens is 392 g/mol. The van der Waals surface area contributed by atoms with Gasteiger partial charge in [-0.2, -0.15) is 0 Å². The van der Waals surface area contributed by atoms with E-state index in [4.69, 9.17) is 13.9 Å². The fraction of sp³-hybridized carbons (Fsp3) is 0.143. The number of hydrogen-bond acceptors (Lipinski definition) is 7. The van der Waals surface area contributed by atoms with Crippen LogP contribution in [0.2, 0.25) is 0 Å². The molecule has 3 aromatic rings. The zero-order valence-electron chi connectivity index (χ0n) is 16.0. The first-order valence-corrected chi connectivity index (χ1v) is 8.91. The number of carbonyl (C=O) groups excluding carboxylic acids is 2. The Bertz CT molecular complexity index is 1060. The number of carbonyl (C=O) groups is 2. The number of hydrogen-bond donors (Lipinski definition) is 1. The Morgan fingerprint density at radius 1 is 1.10 bits per heavy atom. The van der Waals surface area contributed by atoms with Crippen molar-refractivity contribution in [3.63, 3.8) is 0 Å². The van der Waals surface area contributed by atoms with E-state index in [1.807, 2.05) is 18.2 Å². The van der Waals surface area contributed by atoms with Crippen molar-refractivity contribution in [1.82, 2.24) is 0 Å². The van der Waals surface area contributed by atoms with Gasteiger partial charge in [-0.3, -0.25) is 14.9 Å². The number of esters is 1. The van der Waals surface area contributed by atoms with E-state index in [1.54, 1.807) is 25.1 Å². The van der Waals surface area contributed by atoms with E-state index < -0.39 is 23.4 Å². The predicted molar refractivity (Wildman–Crippen MR) is 106 cm³/mol. The van der Waals surface area contributed by atoms with Gasteiger partial charge in [-0.15, -0.1) is 0 Å². The van der Waals surface area contributed by atoms with E-state index in [0.29, 0.717) is 22.8 Å². The second kappa shape index (κ2) is 9.37. The molecule has 1 amide bonds. The summed E-state index contributed by atoms with van der Waals surface area (Å²) in [5.74, 6) is -0.343. The molecule has 0 saturated heterocycles. The molecule has 0 aliphatic heterocycles. The fourth-order valence-electron chi connectivity index (χ4n) is 2.53. The quantitative estimate of drug-likeness (QED) is 0.340. The number of benzene rings is 2. The molecule has 30 heavy (non-hydrogen) atoms. The first-order chi connectivity index (χ1) is 14.4. The molecule has 0 saturated carbocycles.